The number of aliphatic hydroxyl groups is 2. The van der Waals surface area contributed by atoms with Crippen molar-refractivity contribution >= 4 is 5.97 Å². The molecule has 2 rings (SSSR count). The molecule has 0 radical (unpaired) electrons. The molecule has 98 valence electrons. The van der Waals surface area contributed by atoms with Crippen molar-refractivity contribution < 1.29 is 19.7 Å². The molecule has 2 aliphatic rings. The smallest absolute Gasteiger partial charge is 0.320 e. The van der Waals surface area contributed by atoms with E-state index in [4.69, 9.17) is 4.74 Å². The van der Waals surface area contributed by atoms with E-state index in [9.17, 15) is 15.0 Å². The molecule has 0 aromatic heterocycles. The summed E-state index contributed by atoms with van der Waals surface area (Å²) in [5.41, 5.74) is 0. The normalized spacial score (nSPS) is 37.8. The maximum Gasteiger partial charge on any atom is 0.320 e. The van der Waals surface area contributed by atoms with E-state index in [0.717, 1.165) is 12.8 Å². The van der Waals surface area contributed by atoms with Gasteiger partial charge in [-0.25, -0.2) is 0 Å². The Balaban J connectivity index is 1.94. The average Bonchev–Trinajstić information content (AvgIpc) is 2.28. The molecule has 5 heteroatoms. The van der Waals surface area contributed by atoms with Crippen LogP contribution in [0.15, 0.2) is 0 Å². The predicted octanol–water partition coefficient (Wildman–Crippen LogP) is -0.244. The van der Waals surface area contributed by atoms with Crippen molar-refractivity contribution in [2.75, 3.05) is 19.7 Å². The van der Waals surface area contributed by atoms with Gasteiger partial charge in [-0.1, -0.05) is 0 Å². The number of carbonyl (C=O) groups excluding carboxylic acids is 1. The Morgan fingerprint density at radius 1 is 1.35 bits per heavy atom. The van der Waals surface area contributed by atoms with Crippen LogP contribution in [0.2, 0.25) is 0 Å². The molecule has 2 N–H and O–H groups in total. The van der Waals surface area contributed by atoms with E-state index in [2.05, 4.69) is 0 Å². The lowest BCUT2D eigenvalue weighted by Crippen LogP contribution is -2.57. The molecule has 1 saturated carbocycles. The molecule has 0 spiro atoms. The highest BCUT2D eigenvalue weighted by Crippen LogP contribution is 2.34. The van der Waals surface area contributed by atoms with Gasteiger partial charge in [0.2, 0.25) is 0 Å². The van der Waals surface area contributed by atoms with Crippen molar-refractivity contribution in [2.45, 2.75) is 44.4 Å². The van der Waals surface area contributed by atoms with Gasteiger partial charge < -0.3 is 14.9 Å². The summed E-state index contributed by atoms with van der Waals surface area (Å²) in [4.78, 5) is 13.4. The topological polar surface area (TPSA) is 70.0 Å². The van der Waals surface area contributed by atoms with Crippen molar-refractivity contribution in [3.63, 3.8) is 0 Å². The summed E-state index contributed by atoms with van der Waals surface area (Å²) < 4.78 is 4.93. The summed E-state index contributed by atoms with van der Waals surface area (Å²) >= 11 is 0. The first-order chi connectivity index (χ1) is 8.11. The van der Waals surface area contributed by atoms with Crippen molar-refractivity contribution in [2.24, 2.45) is 5.92 Å². The Morgan fingerprint density at radius 3 is 2.82 bits per heavy atom. The highest BCUT2D eigenvalue weighted by atomic mass is 16.5. The van der Waals surface area contributed by atoms with Gasteiger partial charge in [0, 0.05) is 18.5 Å². The van der Waals surface area contributed by atoms with Crippen LogP contribution in [0.3, 0.4) is 0 Å². The summed E-state index contributed by atoms with van der Waals surface area (Å²) in [6, 6.07) is 0.302. The zero-order valence-corrected chi connectivity index (χ0v) is 10.2. The first kappa shape index (κ1) is 12.8. The Hall–Kier alpha value is -0.650. The fourth-order valence-corrected chi connectivity index (χ4v) is 3.00. The number of fused-ring (bicyclic) bond motifs is 2. The molecule has 1 aliphatic heterocycles. The highest BCUT2D eigenvalue weighted by molar-refractivity contribution is 5.71. The van der Waals surface area contributed by atoms with E-state index in [1.807, 2.05) is 4.90 Å². The number of nitrogens with zero attached hydrogens (tertiary/aromatic N) is 1. The molecular weight excluding hydrogens is 222 g/mol. The van der Waals surface area contributed by atoms with Crippen molar-refractivity contribution in [3.8, 4) is 0 Å². The van der Waals surface area contributed by atoms with Gasteiger partial charge in [0.15, 0.2) is 0 Å². The van der Waals surface area contributed by atoms with E-state index >= 15 is 0 Å². The number of piperidine rings is 1. The predicted molar refractivity (Wildman–Crippen MR) is 61.3 cm³/mol. The second-order valence-corrected chi connectivity index (χ2v) is 5.00. The zero-order valence-electron chi connectivity index (χ0n) is 10.2. The van der Waals surface area contributed by atoms with Crippen LogP contribution in [0, 0.1) is 5.92 Å². The fourth-order valence-electron chi connectivity index (χ4n) is 3.00. The van der Waals surface area contributed by atoms with E-state index in [1.165, 1.54) is 0 Å². The Labute approximate surface area is 101 Å². The van der Waals surface area contributed by atoms with Crippen LogP contribution in [0.1, 0.15) is 26.2 Å². The van der Waals surface area contributed by atoms with Gasteiger partial charge in [-0.2, -0.15) is 0 Å². The summed E-state index contributed by atoms with van der Waals surface area (Å²) in [5, 5.41) is 19.7. The average molecular weight is 243 g/mol. The van der Waals surface area contributed by atoms with Crippen molar-refractivity contribution in [1.82, 2.24) is 4.90 Å². The Morgan fingerprint density at radius 2 is 2.12 bits per heavy atom. The molecule has 1 aliphatic carbocycles. The lowest BCUT2D eigenvalue weighted by atomic mass is 9.76. The molecule has 4 atom stereocenters. The molecule has 0 aromatic carbocycles. The van der Waals surface area contributed by atoms with E-state index in [1.54, 1.807) is 6.92 Å². The fraction of sp³-hybridized carbons (Fsp3) is 0.917. The molecule has 1 saturated heterocycles. The molecule has 0 amide bonds. The number of β-amino-alcohol motifs (C(OH)–C–C–N with tert-alkyl or cyclic N) is 1. The number of ether oxygens (including phenoxy) is 1. The van der Waals surface area contributed by atoms with Crippen LogP contribution >= 0.6 is 0 Å². The second kappa shape index (κ2) is 5.33. The van der Waals surface area contributed by atoms with E-state index in [0.29, 0.717) is 25.6 Å². The minimum Gasteiger partial charge on any atom is -0.465 e. The number of likely N-dealkylation sites (tertiary alicyclic amines) is 1. The van der Waals surface area contributed by atoms with Gasteiger partial charge in [0.25, 0.3) is 0 Å². The van der Waals surface area contributed by atoms with Crippen LogP contribution in [0.25, 0.3) is 0 Å². The summed E-state index contributed by atoms with van der Waals surface area (Å²) in [6.07, 6.45) is 1.47. The van der Waals surface area contributed by atoms with Crippen molar-refractivity contribution in [3.05, 3.63) is 0 Å². The van der Waals surface area contributed by atoms with Gasteiger partial charge in [-0.05, 0) is 26.2 Å². The Kier molecular flexibility index (Phi) is 4.01. The standard InChI is InChI=1S/C12H21NO4/c1-2-17-12(16)7-13-6-11(15)9-5-8(13)3-4-10(9)14/h8-11,14-15H,2-7H2,1H3/t8-,9+,10+,11-/m0/s1. The third-order valence-corrected chi connectivity index (χ3v) is 3.90. The molecule has 0 aromatic rings. The van der Waals surface area contributed by atoms with Crippen LogP contribution in [-0.2, 0) is 9.53 Å². The third-order valence-electron chi connectivity index (χ3n) is 3.90. The number of hydrogen-bond donors (Lipinski definition) is 2. The zero-order chi connectivity index (χ0) is 12.4. The Bertz CT molecular complexity index is 284. The van der Waals surface area contributed by atoms with Gasteiger partial charge >= 0.3 is 5.97 Å². The minimum atomic E-state index is -0.532. The molecule has 1 heterocycles. The largest absolute Gasteiger partial charge is 0.465 e. The quantitative estimate of drug-likeness (QED) is 0.669. The van der Waals surface area contributed by atoms with E-state index < -0.39 is 6.10 Å². The monoisotopic (exact) mass is 243 g/mol. The van der Waals surface area contributed by atoms with Gasteiger partial charge in [-0.15, -0.1) is 0 Å². The molecule has 5 nitrogen and oxygen atoms in total. The van der Waals surface area contributed by atoms with E-state index in [-0.39, 0.29) is 24.5 Å². The summed E-state index contributed by atoms with van der Waals surface area (Å²) in [5.74, 6) is -0.253. The summed E-state index contributed by atoms with van der Waals surface area (Å²) in [7, 11) is 0. The summed E-state index contributed by atoms with van der Waals surface area (Å²) in [6.45, 7) is 2.89. The lowest BCUT2D eigenvalue weighted by molar-refractivity contribution is -0.149. The SMILES string of the molecule is CCOC(=O)CN1C[C@H](O)[C@@H]2C[C@@H]1CC[C@H]2O. The number of rotatable bonds is 3. The third kappa shape index (κ3) is 2.78. The number of aliphatic hydroxyl groups excluding tert-OH is 2. The number of esters is 1. The first-order valence-electron chi connectivity index (χ1n) is 6.37. The number of carbonyl (C=O) groups is 1. The first-order valence-corrected chi connectivity index (χ1v) is 6.37. The van der Waals surface area contributed by atoms with Crippen LogP contribution < -0.4 is 0 Å². The lowest BCUT2D eigenvalue weighted by Gasteiger charge is -2.47. The number of hydrogen-bond acceptors (Lipinski definition) is 5. The van der Waals surface area contributed by atoms with Crippen LogP contribution in [0.5, 0.6) is 0 Å². The molecule has 2 bridgehead atoms. The minimum absolute atomic E-state index is 0.0211. The molecular formula is C12H21NO4. The highest BCUT2D eigenvalue weighted by Gasteiger charge is 2.42. The second-order valence-electron chi connectivity index (χ2n) is 5.00. The molecule has 17 heavy (non-hydrogen) atoms. The molecule has 2 fully saturated rings. The van der Waals surface area contributed by atoms with Gasteiger partial charge in [0.1, 0.15) is 0 Å². The van der Waals surface area contributed by atoms with Gasteiger partial charge in [0.05, 0.1) is 25.4 Å². The maximum absolute atomic E-state index is 11.4. The van der Waals surface area contributed by atoms with Crippen molar-refractivity contribution in [1.29, 1.82) is 0 Å². The molecule has 0 unspecified atom stereocenters. The van der Waals surface area contributed by atoms with Gasteiger partial charge in [-0.3, -0.25) is 9.69 Å². The maximum atomic E-state index is 11.4. The van der Waals surface area contributed by atoms with Crippen LogP contribution in [-0.4, -0.2) is 59.0 Å². The van der Waals surface area contributed by atoms with Crippen LogP contribution in [0.4, 0.5) is 0 Å².